The van der Waals surface area contributed by atoms with Crippen molar-refractivity contribution in [3.63, 3.8) is 0 Å². The van der Waals surface area contributed by atoms with Crippen LogP contribution in [0.15, 0.2) is 0 Å². The van der Waals surface area contributed by atoms with Gasteiger partial charge in [-0.1, -0.05) is 44.9 Å². The first-order valence-corrected chi connectivity index (χ1v) is 9.57. The minimum atomic E-state index is -0.689. The van der Waals surface area contributed by atoms with Crippen LogP contribution < -0.4 is 5.32 Å². The third-order valence-corrected chi connectivity index (χ3v) is 3.86. The average Bonchev–Trinajstić information content (AvgIpc) is 2.55. The Morgan fingerprint density at radius 3 is 2.52 bits per heavy atom. The van der Waals surface area contributed by atoms with Crippen LogP contribution in [-0.2, 0) is 14.3 Å². The van der Waals surface area contributed by atoms with Crippen LogP contribution in [0.2, 0.25) is 0 Å². The van der Waals surface area contributed by atoms with Crippen molar-refractivity contribution in [2.24, 2.45) is 0 Å². The molecule has 1 unspecified atom stereocenters. The Labute approximate surface area is 144 Å². The molecule has 0 saturated carbocycles. The maximum atomic E-state index is 12.1. The van der Waals surface area contributed by atoms with E-state index in [-0.39, 0.29) is 6.61 Å². The van der Waals surface area contributed by atoms with Gasteiger partial charge in [-0.25, -0.2) is 9.59 Å². The molecule has 1 amide bonds. The lowest BCUT2D eigenvalue weighted by molar-refractivity contribution is -0.146. The standard InChI is InChI=1S/C17H29NO4S/c1-4-6-7-8-9-10-13-21-16(19)15(11-14-23-3)18-17(20)22-12-5-2/h2,15H,4,6-14H2,1,3H3,(H,18,20). The van der Waals surface area contributed by atoms with Crippen LogP contribution in [0.3, 0.4) is 0 Å². The fraction of sp³-hybridized carbons (Fsp3) is 0.765. The van der Waals surface area contributed by atoms with E-state index in [0.29, 0.717) is 13.0 Å². The number of carbonyl (C=O) groups excluding carboxylic acids is 2. The summed E-state index contributed by atoms with van der Waals surface area (Å²) in [5.41, 5.74) is 0. The normalized spacial score (nSPS) is 11.3. The third kappa shape index (κ3) is 12.8. The summed E-state index contributed by atoms with van der Waals surface area (Å²) >= 11 is 1.60. The molecule has 1 N–H and O–H groups in total. The van der Waals surface area contributed by atoms with Gasteiger partial charge >= 0.3 is 12.1 Å². The Morgan fingerprint density at radius 1 is 1.17 bits per heavy atom. The van der Waals surface area contributed by atoms with Gasteiger partial charge in [0.15, 0.2) is 6.61 Å². The van der Waals surface area contributed by atoms with Crippen molar-refractivity contribution in [1.29, 1.82) is 0 Å². The Balaban J connectivity index is 4.04. The molecule has 0 aliphatic carbocycles. The maximum Gasteiger partial charge on any atom is 0.408 e. The van der Waals surface area contributed by atoms with Crippen molar-refractivity contribution in [3.8, 4) is 12.3 Å². The van der Waals surface area contributed by atoms with Gasteiger partial charge in [0.1, 0.15) is 6.04 Å². The second kappa shape index (κ2) is 15.5. The number of carbonyl (C=O) groups is 2. The van der Waals surface area contributed by atoms with Gasteiger partial charge in [0.05, 0.1) is 6.61 Å². The van der Waals surface area contributed by atoms with Crippen LogP contribution in [0.1, 0.15) is 51.9 Å². The van der Waals surface area contributed by atoms with E-state index in [1.807, 2.05) is 6.26 Å². The maximum absolute atomic E-state index is 12.1. The first kappa shape index (κ1) is 21.6. The molecule has 0 aromatic heterocycles. The number of unbranched alkanes of at least 4 members (excludes halogenated alkanes) is 5. The largest absolute Gasteiger partial charge is 0.464 e. The fourth-order valence-corrected chi connectivity index (χ4v) is 2.40. The monoisotopic (exact) mass is 343 g/mol. The van der Waals surface area contributed by atoms with E-state index in [2.05, 4.69) is 18.2 Å². The number of ether oxygens (including phenoxy) is 2. The van der Waals surface area contributed by atoms with Crippen molar-refractivity contribution in [2.45, 2.75) is 57.9 Å². The van der Waals surface area contributed by atoms with Crippen molar-refractivity contribution in [1.82, 2.24) is 5.32 Å². The molecule has 0 aliphatic heterocycles. The van der Waals surface area contributed by atoms with Crippen LogP contribution in [0.4, 0.5) is 4.79 Å². The molecule has 5 nitrogen and oxygen atoms in total. The summed E-state index contributed by atoms with van der Waals surface area (Å²) in [4.78, 5) is 23.6. The van der Waals surface area contributed by atoms with Crippen molar-refractivity contribution < 1.29 is 19.1 Å². The van der Waals surface area contributed by atoms with Gasteiger partial charge in [0.2, 0.25) is 0 Å². The lowest BCUT2D eigenvalue weighted by Gasteiger charge is -2.16. The quantitative estimate of drug-likeness (QED) is 0.315. The number of thioether (sulfide) groups is 1. The zero-order chi connectivity index (χ0) is 17.3. The van der Waals surface area contributed by atoms with Gasteiger partial charge in [-0.3, -0.25) is 0 Å². The minimum Gasteiger partial charge on any atom is -0.464 e. The molecule has 0 heterocycles. The lowest BCUT2D eigenvalue weighted by atomic mass is 10.1. The van der Waals surface area contributed by atoms with Gasteiger partial charge in [-0.05, 0) is 24.9 Å². The molecule has 23 heavy (non-hydrogen) atoms. The van der Waals surface area contributed by atoms with E-state index in [1.54, 1.807) is 11.8 Å². The van der Waals surface area contributed by atoms with Gasteiger partial charge in [0, 0.05) is 0 Å². The summed E-state index contributed by atoms with van der Waals surface area (Å²) in [6, 6.07) is -0.687. The molecule has 0 fully saturated rings. The van der Waals surface area contributed by atoms with E-state index in [0.717, 1.165) is 25.0 Å². The van der Waals surface area contributed by atoms with Gasteiger partial charge < -0.3 is 14.8 Å². The molecule has 0 rings (SSSR count). The molecule has 132 valence electrons. The molecule has 0 aromatic carbocycles. The molecule has 0 saturated heterocycles. The van der Waals surface area contributed by atoms with Gasteiger partial charge in [0.25, 0.3) is 0 Å². The lowest BCUT2D eigenvalue weighted by Crippen LogP contribution is -2.42. The highest BCUT2D eigenvalue weighted by Gasteiger charge is 2.22. The summed E-state index contributed by atoms with van der Waals surface area (Å²) < 4.78 is 9.99. The number of rotatable bonds is 13. The number of nitrogens with one attached hydrogen (secondary N) is 1. The van der Waals surface area contributed by atoms with E-state index < -0.39 is 18.1 Å². The van der Waals surface area contributed by atoms with Gasteiger partial charge in [-0.2, -0.15) is 11.8 Å². The first-order chi connectivity index (χ1) is 11.2. The molecule has 0 aliphatic rings. The predicted octanol–water partition coefficient (Wildman–Crippen LogP) is 3.37. The van der Waals surface area contributed by atoms with E-state index >= 15 is 0 Å². The number of esters is 1. The second-order valence-corrected chi connectivity index (χ2v) is 6.18. The number of alkyl carbamates (subject to hydrolysis) is 1. The summed E-state index contributed by atoms with van der Waals surface area (Å²) in [5, 5.41) is 2.51. The number of hydrogen-bond acceptors (Lipinski definition) is 5. The van der Waals surface area contributed by atoms with Crippen LogP contribution in [0.25, 0.3) is 0 Å². The first-order valence-electron chi connectivity index (χ1n) is 8.18. The van der Waals surface area contributed by atoms with E-state index in [1.165, 1.54) is 19.3 Å². The number of terminal acetylenes is 1. The van der Waals surface area contributed by atoms with Crippen LogP contribution in [0, 0.1) is 12.3 Å². The highest BCUT2D eigenvalue weighted by atomic mass is 32.2. The zero-order valence-corrected chi connectivity index (χ0v) is 15.1. The van der Waals surface area contributed by atoms with E-state index in [4.69, 9.17) is 15.9 Å². The van der Waals surface area contributed by atoms with Crippen molar-refractivity contribution in [2.75, 3.05) is 25.2 Å². The molecule has 0 radical (unpaired) electrons. The van der Waals surface area contributed by atoms with Crippen LogP contribution in [-0.4, -0.2) is 43.3 Å². The highest BCUT2D eigenvalue weighted by molar-refractivity contribution is 7.98. The Bertz CT molecular complexity index is 368. The highest BCUT2D eigenvalue weighted by Crippen LogP contribution is 2.07. The van der Waals surface area contributed by atoms with Gasteiger partial charge in [-0.15, -0.1) is 6.42 Å². The second-order valence-electron chi connectivity index (χ2n) is 5.19. The molecular formula is C17H29NO4S. The molecule has 0 spiro atoms. The number of amides is 1. The Morgan fingerprint density at radius 2 is 1.87 bits per heavy atom. The molecule has 1 atom stereocenters. The van der Waals surface area contributed by atoms with Crippen molar-refractivity contribution in [3.05, 3.63) is 0 Å². The SMILES string of the molecule is C#CCOC(=O)NC(CCSC)C(=O)OCCCCCCCC. The number of hydrogen-bond donors (Lipinski definition) is 1. The average molecular weight is 343 g/mol. The molecule has 6 heteroatoms. The smallest absolute Gasteiger partial charge is 0.408 e. The van der Waals surface area contributed by atoms with Crippen LogP contribution in [0.5, 0.6) is 0 Å². The topological polar surface area (TPSA) is 64.6 Å². The van der Waals surface area contributed by atoms with E-state index in [9.17, 15) is 9.59 Å². The van der Waals surface area contributed by atoms with Crippen molar-refractivity contribution >= 4 is 23.8 Å². The third-order valence-electron chi connectivity index (χ3n) is 3.22. The predicted molar refractivity (Wildman–Crippen MR) is 94.4 cm³/mol. The molecular weight excluding hydrogens is 314 g/mol. The summed E-state index contributed by atoms with van der Waals surface area (Å²) in [6.45, 7) is 2.45. The van der Waals surface area contributed by atoms with Crippen LogP contribution >= 0.6 is 11.8 Å². The summed E-state index contributed by atoms with van der Waals surface area (Å²) in [6.07, 6.45) is 13.5. The Hall–Kier alpha value is -1.35. The zero-order valence-electron chi connectivity index (χ0n) is 14.3. The molecule has 0 bridgehead atoms. The molecule has 0 aromatic rings. The minimum absolute atomic E-state index is 0.117. The Kier molecular flexibility index (Phi) is 14.6. The summed E-state index contributed by atoms with van der Waals surface area (Å²) in [7, 11) is 0. The fourth-order valence-electron chi connectivity index (χ4n) is 1.93. The summed E-state index contributed by atoms with van der Waals surface area (Å²) in [5.74, 6) is 2.53.